The van der Waals surface area contributed by atoms with E-state index >= 15 is 0 Å². The highest BCUT2D eigenvalue weighted by atomic mass is 35.5. The highest BCUT2D eigenvalue weighted by molar-refractivity contribution is 6.32. The highest BCUT2D eigenvalue weighted by Crippen LogP contribution is 2.28. The lowest BCUT2D eigenvalue weighted by atomic mass is 10.0. The van der Waals surface area contributed by atoms with E-state index in [1.54, 1.807) is 42.5 Å². The molecule has 0 bridgehead atoms. The van der Waals surface area contributed by atoms with Crippen LogP contribution in [-0.2, 0) is 4.79 Å². The summed E-state index contributed by atoms with van der Waals surface area (Å²) in [5.74, 6) is -0.361. The number of carboxylic acid groups (broad SMARTS) is 1. The number of nitrogens with two attached hydrogens (primary N) is 1. The van der Waals surface area contributed by atoms with Crippen LogP contribution in [0.5, 0.6) is 5.75 Å². The van der Waals surface area contributed by atoms with Crippen LogP contribution in [0.15, 0.2) is 42.7 Å². The zero-order valence-corrected chi connectivity index (χ0v) is 17.7. The van der Waals surface area contributed by atoms with Gasteiger partial charge >= 0.3 is 0 Å². The molecular formula is C21H28ClN3O4. The van der Waals surface area contributed by atoms with Gasteiger partial charge in [0.15, 0.2) is 0 Å². The van der Waals surface area contributed by atoms with Gasteiger partial charge in [0, 0.05) is 31.9 Å². The van der Waals surface area contributed by atoms with Crippen molar-refractivity contribution in [3.63, 3.8) is 0 Å². The summed E-state index contributed by atoms with van der Waals surface area (Å²) in [6.45, 7) is 4.19. The maximum atomic E-state index is 12.8. The number of rotatable bonds is 8. The predicted octanol–water partition coefficient (Wildman–Crippen LogP) is 3.78. The average Bonchev–Trinajstić information content (AvgIpc) is 2.69. The van der Waals surface area contributed by atoms with E-state index in [-0.39, 0.29) is 11.9 Å². The van der Waals surface area contributed by atoms with Crippen LogP contribution in [0.4, 0.5) is 0 Å². The van der Waals surface area contributed by atoms with Gasteiger partial charge in [-0.1, -0.05) is 24.6 Å². The minimum Gasteiger partial charge on any atom is -0.492 e. The fraction of sp³-hybridized carbons (Fsp3) is 0.381. The SMILES string of the molecule is CC(=O)O.CCC(c1cccnc1)N(C)C(=O)c1ccc(OCCCN)c(Cl)c1. The fourth-order valence-corrected chi connectivity index (χ4v) is 2.90. The molecule has 0 aliphatic rings. The van der Waals surface area contributed by atoms with E-state index in [9.17, 15) is 4.79 Å². The molecule has 2 aromatic rings. The van der Waals surface area contributed by atoms with Crippen molar-refractivity contribution in [3.8, 4) is 5.75 Å². The van der Waals surface area contributed by atoms with Crippen LogP contribution in [0.2, 0.25) is 5.02 Å². The molecule has 1 heterocycles. The summed E-state index contributed by atoms with van der Waals surface area (Å²) in [7, 11) is 1.79. The topological polar surface area (TPSA) is 106 Å². The Labute approximate surface area is 176 Å². The molecule has 1 amide bonds. The third-order valence-electron chi connectivity index (χ3n) is 4.03. The molecule has 0 aliphatic carbocycles. The number of hydrogen-bond acceptors (Lipinski definition) is 5. The number of carbonyl (C=O) groups excluding carboxylic acids is 1. The minimum atomic E-state index is -0.833. The summed E-state index contributed by atoms with van der Waals surface area (Å²) in [5, 5.41) is 7.84. The number of nitrogens with zero attached hydrogens (tertiary/aromatic N) is 2. The quantitative estimate of drug-likeness (QED) is 0.628. The van der Waals surface area contributed by atoms with Gasteiger partial charge in [0.25, 0.3) is 11.9 Å². The Bertz CT molecular complexity index is 783. The first-order valence-electron chi connectivity index (χ1n) is 9.30. The molecule has 158 valence electrons. The van der Waals surface area contributed by atoms with Gasteiger partial charge < -0.3 is 20.5 Å². The Hall–Kier alpha value is -2.64. The molecule has 0 radical (unpaired) electrons. The van der Waals surface area contributed by atoms with Gasteiger partial charge in [-0.2, -0.15) is 0 Å². The molecule has 1 aromatic heterocycles. The fourth-order valence-electron chi connectivity index (χ4n) is 2.67. The van der Waals surface area contributed by atoms with Crippen molar-refractivity contribution in [1.29, 1.82) is 0 Å². The maximum absolute atomic E-state index is 12.8. The van der Waals surface area contributed by atoms with E-state index < -0.39 is 5.97 Å². The van der Waals surface area contributed by atoms with Gasteiger partial charge in [0.05, 0.1) is 17.7 Å². The van der Waals surface area contributed by atoms with E-state index in [2.05, 4.69) is 4.98 Å². The van der Waals surface area contributed by atoms with Crippen molar-refractivity contribution in [3.05, 3.63) is 58.9 Å². The van der Waals surface area contributed by atoms with E-state index in [1.807, 2.05) is 19.1 Å². The van der Waals surface area contributed by atoms with E-state index in [0.717, 1.165) is 25.3 Å². The Morgan fingerprint density at radius 2 is 2.03 bits per heavy atom. The Morgan fingerprint density at radius 3 is 2.55 bits per heavy atom. The van der Waals surface area contributed by atoms with Crippen LogP contribution in [0.3, 0.4) is 0 Å². The lowest BCUT2D eigenvalue weighted by Crippen LogP contribution is -2.31. The molecule has 0 saturated heterocycles. The van der Waals surface area contributed by atoms with Crippen LogP contribution in [-0.4, -0.2) is 47.1 Å². The molecule has 2 rings (SSSR count). The number of amides is 1. The second kappa shape index (κ2) is 12.7. The lowest BCUT2D eigenvalue weighted by Gasteiger charge is -2.27. The van der Waals surface area contributed by atoms with Crippen LogP contribution in [0.25, 0.3) is 0 Å². The molecule has 1 unspecified atom stereocenters. The molecular weight excluding hydrogens is 394 g/mol. The molecule has 0 aliphatic heterocycles. The first kappa shape index (κ1) is 24.4. The van der Waals surface area contributed by atoms with Crippen molar-refractivity contribution < 1.29 is 19.4 Å². The van der Waals surface area contributed by atoms with Gasteiger partial charge in [-0.3, -0.25) is 14.6 Å². The van der Waals surface area contributed by atoms with Gasteiger partial charge in [-0.25, -0.2) is 0 Å². The van der Waals surface area contributed by atoms with Gasteiger partial charge in [0.1, 0.15) is 5.75 Å². The first-order chi connectivity index (χ1) is 13.8. The molecule has 1 atom stereocenters. The van der Waals surface area contributed by atoms with Gasteiger partial charge in [-0.15, -0.1) is 0 Å². The van der Waals surface area contributed by atoms with Crippen molar-refractivity contribution in [2.45, 2.75) is 32.7 Å². The third kappa shape index (κ3) is 8.09. The average molecular weight is 422 g/mol. The number of carbonyl (C=O) groups is 2. The monoisotopic (exact) mass is 421 g/mol. The second-order valence-corrected chi connectivity index (χ2v) is 6.69. The molecule has 3 N–H and O–H groups in total. The zero-order chi connectivity index (χ0) is 21.8. The normalized spacial score (nSPS) is 11.1. The molecule has 0 saturated carbocycles. The number of aromatic nitrogens is 1. The highest BCUT2D eigenvalue weighted by Gasteiger charge is 2.22. The number of hydrogen-bond donors (Lipinski definition) is 2. The lowest BCUT2D eigenvalue weighted by molar-refractivity contribution is -0.134. The third-order valence-corrected chi connectivity index (χ3v) is 4.32. The van der Waals surface area contributed by atoms with E-state index in [1.165, 1.54) is 0 Å². The van der Waals surface area contributed by atoms with Crippen LogP contribution in [0.1, 0.15) is 48.7 Å². The smallest absolute Gasteiger partial charge is 0.300 e. The molecule has 0 spiro atoms. The number of carboxylic acids is 1. The molecule has 8 heteroatoms. The molecule has 29 heavy (non-hydrogen) atoms. The second-order valence-electron chi connectivity index (χ2n) is 6.28. The standard InChI is InChI=1S/C19H24ClN3O2.C2H4O2/c1-3-17(15-6-4-10-22-13-15)23(2)19(24)14-7-8-18(16(20)12-14)25-11-5-9-21;1-2(3)4/h4,6-8,10,12-13,17H,3,5,9,11,21H2,1-2H3;1H3,(H,3,4). The van der Waals surface area contributed by atoms with Crippen molar-refractivity contribution >= 4 is 23.5 Å². The summed E-state index contributed by atoms with van der Waals surface area (Å²) in [5.41, 5.74) is 6.99. The van der Waals surface area contributed by atoms with Gasteiger partial charge in [0.2, 0.25) is 0 Å². The summed E-state index contributed by atoms with van der Waals surface area (Å²) >= 11 is 6.25. The number of ether oxygens (including phenoxy) is 1. The summed E-state index contributed by atoms with van der Waals surface area (Å²) in [6.07, 6.45) is 5.06. The predicted molar refractivity (Wildman–Crippen MR) is 113 cm³/mol. The summed E-state index contributed by atoms with van der Waals surface area (Å²) in [4.78, 5) is 27.7. The Balaban J connectivity index is 0.000000960. The zero-order valence-electron chi connectivity index (χ0n) is 17.0. The first-order valence-corrected chi connectivity index (χ1v) is 9.68. The Kier molecular flexibility index (Phi) is 10.7. The molecule has 7 nitrogen and oxygen atoms in total. The van der Waals surface area contributed by atoms with Crippen molar-refractivity contribution in [1.82, 2.24) is 9.88 Å². The van der Waals surface area contributed by atoms with Crippen molar-refractivity contribution in [2.24, 2.45) is 5.73 Å². The van der Waals surface area contributed by atoms with Crippen molar-refractivity contribution in [2.75, 3.05) is 20.2 Å². The minimum absolute atomic E-state index is 0.0412. The maximum Gasteiger partial charge on any atom is 0.300 e. The Morgan fingerprint density at radius 1 is 1.34 bits per heavy atom. The van der Waals surface area contributed by atoms with E-state index in [0.29, 0.717) is 29.5 Å². The number of benzene rings is 1. The van der Waals surface area contributed by atoms with Crippen LogP contribution >= 0.6 is 11.6 Å². The summed E-state index contributed by atoms with van der Waals surface area (Å²) in [6, 6.07) is 8.92. The van der Waals surface area contributed by atoms with Crippen LogP contribution < -0.4 is 10.5 Å². The number of halogens is 1. The summed E-state index contributed by atoms with van der Waals surface area (Å²) < 4.78 is 5.57. The molecule has 0 fully saturated rings. The number of aliphatic carboxylic acids is 1. The van der Waals surface area contributed by atoms with Crippen LogP contribution in [0, 0.1) is 0 Å². The van der Waals surface area contributed by atoms with E-state index in [4.69, 9.17) is 32.0 Å². The molecule has 1 aromatic carbocycles. The number of pyridine rings is 1. The van der Waals surface area contributed by atoms with Gasteiger partial charge in [-0.05, 0) is 49.2 Å². The largest absolute Gasteiger partial charge is 0.492 e.